The Morgan fingerprint density at radius 3 is 2.71 bits per heavy atom. The summed E-state index contributed by atoms with van der Waals surface area (Å²) in [6.45, 7) is 0. The molecule has 0 saturated heterocycles. The first-order chi connectivity index (χ1) is 3.30. The highest BCUT2D eigenvalue weighted by Crippen LogP contribution is 2.19. The third-order valence-electron chi connectivity index (χ3n) is 0.549. The highest BCUT2D eigenvalue weighted by Gasteiger charge is 1.92. The zero-order valence-corrected chi connectivity index (χ0v) is 4.96. The van der Waals surface area contributed by atoms with Crippen molar-refractivity contribution in [1.29, 1.82) is 0 Å². The highest BCUT2D eigenvalue weighted by molar-refractivity contribution is 7.14. The largest absolute Gasteiger partial charge is 0.388 e. The smallest absolute Gasteiger partial charge is 0.163 e. The summed E-state index contributed by atoms with van der Waals surface area (Å²) < 4.78 is 0. The van der Waals surface area contributed by atoms with E-state index >= 15 is 0 Å². The third kappa shape index (κ3) is 0.838. The summed E-state index contributed by atoms with van der Waals surface area (Å²) in [5.74, 6) is 0. The lowest BCUT2D eigenvalue weighted by Gasteiger charge is -1.76. The van der Waals surface area contributed by atoms with E-state index in [9.17, 15) is 0 Å². The van der Waals surface area contributed by atoms with Crippen LogP contribution in [0.3, 0.4) is 0 Å². The molecule has 0 atom stereocenters. The van der Waals surface area contributed by atoms with Gasteiger partial charge in [-0.3, -0.25) is 0 Å². The molecular weight excluding hydrogens is 132 g/mol. The Morgan fingerprint density at radius 1 is 1.86 bits per heavy atom. The van der Waals surface area contributed by atoms with Gasteiger partial charge in [0.15, 0.2) is 5.15 Å². The van der Waals surface area contributed by atoms with E-state index in [-0.39, 0.29) is 0 Å². The Bertz CT molecular complexity index is 145. The molecule has 38 valence electrons. The predicted octanol–water partition coefficient (Wildman–Crippen LogP) is 1.38. The van der Waals surface area contributed by atoms with Gasteiger partial charge in [-0.15, -0.1) is 11.3 Å². The standard InChI is InChI=1S/C3H3ClN2S/c4-2-3(5)7-1-6-2/h1H,5H2. The van der Waals surface area contributed by atoms with Crippen LogP contribution in [0.2, 0.25) is 5.15 Å². The number of rotatable bonds is 0. The molecule has 0 saturated carbocycles. The lowest BCUT2D eigenvalue weighted by molar-refractivity contribution is 1.43. The number of hydrogen-bond acceptors (Lipinski definition) is 3. The molecule has 1 aromatic heterocycles. The Kier molecular flexibility index (Phi) is 1.17. The second kappa shape index (κ2) is 1.68. The van der Waals surface area contributed by atoms with Crippen LogP contribution in [-0.4, -0.2) is 4.98 Å². The Labute approximate surface area is 49.9 Å². The van der Waals surface area contributed by atoms with Crippen LogP contribution in [-0.2, 0) is 0 Å². The molecule has 0 amide bonds. The molecule has 4 heteroatoms. The quantitative estimate of drug-likeness (QED) is 0.582. The molecule has 2 nitrogen and oxygen atoms in total. The molecule has 0 bridgehead atoms. The molecule has 0 aliphatic rings. The topological polar surface area (TPSA) is 38.9 Å². The van der Waals surface area contributed by atoms with Crippen LogP contribution in [0.15, 0.2) is 5.51 Å². The molecule has 1 aromatic rings. The third-order valence-corrected chi connectivity index (χ3v) is 1.62. The number of nitrogens with two attached hydrogens (primary N) is 1. The van der Waals surface area contributed by atoms with Gasteiger partial charge in [0.2, 0.25) is 0 Å². The van der Waals surface area contributed by atoms with Crippen LogP contribution in [0, 0.1) is 0 Å². The van der Waals surface area contributed by atoms with E-state index < -0.39 is 0 Å². The zero-order valence-electron chi connectivity index (χ0n) is 3.39. The molecule has 0 aromatic carbocycles. The van der Waals surface area contributed by atoms with Crippen molar-refractivity contribution in [2.75, 3.05) is 5.73 Å². The SMILES string of the molecule is Nc1scnc1Cl. The summed E-state index contributed by atoms with van der Waals surface area (Å²) in [4.78, 5) is 3.68. The van der Waals surface area contributed by atoms with Gasteiger partial charge in [0, 0.05) is 0 Å². The lowest BCUT2D eigenvalue weighted by atomic mass is 10.9. The maximum Gasteiger partial charge on any atom is 0.163 e. The van der Waals surface area contributed by atoms with Gasteiger partial charge < -0.3 is 5.73 Å². The number of halogens is 1. The summed E-state index contributed by atoms with van der Waals surface area (Å²) in [5, 5.41) is 0.992. The number of nitrogens with zero attached hydrogens (tertiary/aromatic N) is 1. The summed E-state index contributed by atoms with van der Waals surface area (Å²) >= 11 is 6.74. The van der Waals surface area contributed by atoms with Crippen molar-refractivity contribution in [3.63, 3.8) is 0 Å². The van der Waals surface area contributed by atoms with Gasteiger partial charge in [0.25, 0.3) is 0 Å². The van der Waals surface area contributed by atoms with Crippen molar-refractivity contribution >= 4 is 27.9 Å². The minimum atomic E-state index is 0.407. The van der Waals surface area contributed by atoms with Gasteiger partial charge in [0.05, 0.1) is 5.51 Å². The van der Waals surface area contributed by atoms with E-state index in [0.29, 0.717) is 10.2 Å². The average Bonchev–Trinajstić information content (AvgIpc) is 1.91. The Morgan fingerprint density at radius 2 is 2.57 bits per heavy atom. The average molecular weight is 135 g/mol. The van der Waals surface area contributed by atoms with Gasteiger partial charge in [-0.2, -0.15) is 0 Å². The maximum atomic E-state index is 5.40. The van der Waals surface area contributed by atoms with Gasteiger partial charge in [0.1, 0.15) is 5.00 Å². The molecule has 7 heavy (non-hydrogen) atoms. The van der Waals surface area contributed by atoms with E-state index in [1.54, 1.807) is 5.51 Å². The van der Waals surface area contributed by atoms with Crippen LogP contribution < -0.4 is 5.73 Å². The van der Waals surface area contributed by atoms with E-state index in [1.165, 1.54) is 11.3 Å². The molecule has 1 rings (SSSR count). The summed E-state index contributed by atoms with van der Waals surface area (Å²) in [5.41, 5.74) is 6.87. The van der Waals surface area contributed by atoms with Crippen molar-refractivity contribution in [2.24, 2.45) is 0 Å². The van der Waals surface area contributed by atoms with Gasteiger partial charge in [-0.25, -0.2) is 4.98 Å². The Balaban J connectivity index is 3.12. The minimum Gasteiger partial charge on any atom is -0.388 e. The number of anilines is 1. The highest BCUT2D eigenvalue weighted by atomic mass is 35.5. The number of hydrogen-bond donors (Lipinski definition) is 1. The number of thiazole rings is 1. The summed E-state index contributed by atoms with van der Waals surface area (Å²) in [7, 11) is 0. The fraction of sp³-hybridized carbons (Fsp3) is 0. The molecular formula is C3H3ClN2S. The van der Waals surface area contributed by atoms with Crippen molar-refractivity contribution < 1.29 is 0 Å². The number of nitrogen functional groups attached to an aromatic ring is 1. The van der Waals surface area contributed by atoms with Crippen molar-refractivity contribution in [2.45, 2.75) is 0 Å². The van der Waals surface area contributed by atoms with Crippen molar-refractivity contribution in [1.82, 2.24) is 4.98 Å². The van der Waals surface area contributed by atoms with E-state index in [2.05, 4.69) is 4.98 Å². The monoisotopic (exact) mass is 134 g/mol. The van der Waals surface area contributed by atoms with Crippen LogP contribution in [0.5, 0.6) is 0 Å². The molecule has 0 aliphatic carbocycles. The molecule has 0 unspecified atom stereocenters. The first-order valence-electron chi connectivity index (χ1n) is 1.65. The molecule has 0 aliphatic heterocycles. The first kappa shape index (κ1) is 4.87. The first-order valence-corrected chi connectivity index (χ1v) is 2.91. The summed E-state index contributed by atoms with van der Waals surface area (Å²) in [6, 6.07) is 0. The van der Waals surface area contributed by atoms with E-state index in [1.807, 2.05) is 0 Å². The van der Waals surface area contributed by atoms with Crippen molar-refractivity contribution in [3.8, 4) is 0 Å². The molecule has 0 spiro atoms. The number of aromatic nitrogens is 1. The van der Waals surface area contributed by atoms with Crippen molar-refractivity contribution in [3.05, 3.63) is 10.7 Å². The van der Waals surface area contributed by atoms with Crippen LogP contribution >= 0.6 is 22.9 Å². The molecule has 1 heterocycles. The zero-order chi connectivity index (χ0) is 5.28. The fourth-order valence-electron chi connectivity index (χ4n) is 0.242. The second-order valence-corrected chi connectivity index (χ2v) is 2.25. The van der Waals surface area contributed by atoms with E-state index in [4.69, 9.17) is 17.3 Å². The second-order valence-electron chi connectivity index (χ2n) is 1.01. The van der Waals surface area contributed by atoms with Crippen LogP contribution in [0.25, 0.3) is 0 Å². The predicted molar refractivity (Wildman–Crippen MR) is 31.5 cm³/mol. The minimum absolute atomic E-state index is 0.407. The molecule has 2 N–H and O–H groups in total. The Hall–Kier alpha value is -0.280. The summed E-state index contributed by atoms with van der Waals surface area (Å²) in [6.07, 6.45) is 0. The molecule has 0 fully saturated rings. The molecule has 0 radical (unpaired) electrons. The van der Waals surface area contributed by atoms with Gasteiger partial charge in [-0.05, 0) is 0 Å². The van der Waals surface area contributed by atoms with Crippen LogP contribution in [0.1, 0.15) is 0 Å². The fourth-order valence-corrected chi connectivity index (χ4v) is 0.904. The van der Waals surface area contributed by atoms with Crippen LogP contribution in [0.4, 0.5) is 5.00 Å². The maximum absolute atomic E-state index is 5.40. The van der Waals surface area contributed by atoms with Gasteiger partial charge in [-0.1, -0.05) is 11.6 Å². The van der Waals surface area contributed by atoms with Gasteiger partial charge >= 0.3 is 0 Å². The van der Waals surface area contributed by atoms with E-state index in [0.717, 1.165) is 0 Å². The lowest BCUT2D eigenvalue weighted by Crippen LogP contribution is -1.76. The normalized spacial score (nSPS) is 9.29.